The van der Waals surface area contributed by atoms with E-state index in [2.05, 4.69) is 37.7 Å². The molecule has 6 nitrogen and oxygen atoms in total. The first-order valence-electron chi connectivity index (χ1n) is 10.5. The van der Waals surface area contributed by atoms with Crippen molar-refractivity contribution in [2.45, 2.75) is 40.0 Å². The number of hydrogen-bond donors (Lipinski definition) is 0. The highest BCUT2D eigenvalue weighted by Gasteiger charge is 2.30. The minimum absolute atomic E-state index is 0.248. The maximum Gasteiger partial charge on any atom is 0.206 e. The van der Waals surface area contributed by atoms with Crippen molar-refractivity contribution in [2.24, 2.45) is 21.4 Å². The summed E-state index contributed by atoms with van der Waals surface area (Å²) in [5.41, 5.74) is 3.32. The first-order valence-corrected chi connectivity index (χ1v) is 11.4. The van der Waals surface area contributed by atoms with Gasteiger partial charge in [0.1, 0.15) is 0 Å². The zero-order chi connectivity index (χ0) is 22.6. The predicted octanol–water partition coefficient (Wildman–Crippen LogP) is 5.38. The van der Waals surface area contributed by atoms with E-state index in [0.29, 0.717) is 29.7 Å². The number of nitrogens with zero attached hydrogens (tertiary/aromatic N) is 3. The first kappa shape index (κ1) is 23.1. The molecular formula is C24H33N3O3S. The van der Waals surface area contributed by atoms with Crippen LogP contribution in [0.25, 0.3) is 11.3 Å². The summed E-state index contributed by atoms with van der Waals surface area (Å²) in [5, 5.41) is 7.18. The van der Waals surface area contributed by atoms with Crippen LogP contribution in [0, 0.1) is 11.3 Å². The third kappa shape index (κ3) is 5.21. The van der Waals surface area contributed by atoms with Gasteiger partial charge in [-0.15, -0.1) is 17.9 Å². The summed E-state index contributed by atoms with van der Waals surface area (Å²) in [6.07, 6.45) is 4.99. The Morgan fingerprint density at radius 2 is 1.87 bits per heavy atom. The Labute approximate surface area is 188 Å². The van der Waals surface area contributed by atoms with E-state index in [4.69, 9.17) is 19.3 Å². The lowest BCUT2D eigenvalue weighted by Gasteiger charge is -2.34. The fraction of sp³-hybridized carbons (Fsp3) is 0.500. The molecule has 1 atom stereocenters. The number of thiazole rings is 1. The minimum Gasteiger partial charge on any atom is -0.493 e. The summed E-state index contributed by atoms with van der Waals surface area (Å²) in [5.74, 6) is 2.40. The van der Waals surface area contributed by atoms with Gasteiger partial charge < -0.3 is 14.2 Å². The molecule has 1 fully saturated rings. The highest BCUT2D eigenvalue weighted by Crippen LogP contribution is 2.41. The van der Waals surface area contributed by atoms with Crippen LogP contribution in [0.2, 0.25) is 0 Å². The van der Waals surface area contributed by atoms with Crippen LogP contribution in [0.1, 0.15) is 40.0 Å². The Morgan fingerprint density at radius 1 is 1.19 bits per heavy atom. The molecule has 1 saturated carbocycles. The summed E-state index contributed by atoms with van der Waals surface area (Å²) in [4.78, 5) is 5.52. The van der Waals surface area contributed by atoms with Gasteiger partial charge in [-0.25, -0.2) is 4.68 Å². The molecular weight excluding hydrogens is 410 g/mol. The molecule has 2 aromatic rings. The van der Waals surface area contributed by atoms with Crippen molar-refractivity contribution in [1.82, 2.24) is 4.68 Å². The van der Waals surface area contributed by atoms with Crippen molar-refractivity contribution >= 4 is 17.0 Å². The summed E-state index contributed by atoms with van der Waals surface area (Å²) in [6.45, 7) is 11.3. The molecule has 1 heterocycles. The van der Waals surface area contributed by atoms with Crippen molar-refractivity contribution in [2.75, 3.05) is 27.9 Å². The minimum atomic E-state index is 0.248. The number of methoxy groups -OCH3 is 3. The van der Waals surface area contributed by atoms with E-state index >= 15 is 0 Å². The molecule has 1 aromatic carbocycles. The molecule has 168 valence electrons. The number of hydrogen-bond acceptors (Lipinski definition) is 6. The molecule has 0 N–H and O–H groups in total. The van der Waals surface area contributed by atoms with Gasteiger partial charge in [0, 0.05) is 16.7 Å². The van der Waals surface area contributed by atoms with Crippen LogP contribution in [0.4, 0.5) is 0 Å². The maximum absolute atomic E-state index is 5.56. The highest BCUT2D eigenvalue weighted by molar-refractivity contribution is 7.07. The maximum atomic E-state index is 5.56. The lowest BCUT2D eigenvalue weighted by molar-refractivity contribution is 0.265. The highest BCUT2D eigenvalue weighted by atomic mass is 32.1. The lowest BCUT2D eigenvalue weighted by atomic mass is 9.72. The summed E-state index contributed by atoms with van der Waals surface area (Å²) < 4.78 is 18.6. The zero-order valence-electron chi connectivity index (χ0n) is 19.4. The van der Waals surface area contributed by atoms with Crippen molar-refractivity contribution in [1.29, 1.82) is 0 Å². The van der Waals surface area contributed by atoms with Gasteiger partial charge in [0.05, 0.1) is 33.6 Å². The Bertz CT molecular complexity index is 1010. The SMILES string of the molecule is C=CCN=c1scc(-c2cc(OC)c(OC)c(OC)c2)n1N=C1CC(C)CC(C)(C)C1. The quantitative estimate of drug-likeness (QED) is 0.540. The van der Waals surface area contributed by atoms with Gasteiger partial charge in [0.2, 0.25) is 10.6 Å². The molecule has 0 aliphatic heterocycles. The van der Waals surface area contributed by atoms with Crippen molar-refractivity contribution in [3.8, 4) is 28.5 Å². The standard InChI is InChI=1S/C24H33N3O3S/c1-8-9-25-23-27(26-18-10-16(2)13-24(3,4)14-18)19(15-31-23)17-11-20(28-5)22(30-7)21(12-17)29-6/h8,11-12,15-16H,1,9-10,13-14H2,2-7H3. The van der Waals surface area contributed by atoms with Crippen molar-refractivity contribution in [3.63, 3.8) is 0 Å². The summed E-state index contributed by atoms with van der Waals surface area (Å²) in [6, 6.07) is 3.90. The molecule has 1 unspecified atom stereocenters. The monoisotopic (exact) mass is 443 g/mol. The second kappa shape index (κ2) is 9.73. The van der Waals surface area contributed by atoms with E-state index < -0.39 is 0 Å². The van der Waals surface area contributed by atoms with Gasteiger partial charge in [0.25, 0.3) is 0 Å². The summed E-state index contributed by atoms with van der Waals surface area (Å²) in [7, 11) is 4.85. The zero-order valence-corrected chi connectivity index (χ0v) is 20.2. The van der Waals surface area contributed by atoms with E-state index in [0.717, 1.165) is 28.9 Å². The first-order chi connectivity index (χ1) is 14.8. The summed E-state index contributed by atoms with van der Waals surface area (Å²) >= 11 is 1.57. The molecule has 0 bridgehead atoms. The molecule has 3 rings (SSSR count). The van der Waals surface area contributed by atoms with Gasteiger partial charge in [0.15, 0.2) is 11.5 Å². The molecule has 7 heteroatoms. The number of rotatable bonds is 7. The van der Waals surface area contributed by atoms with E-state index in [9.17, 15) is 0 Å². The Balaban J connectivity index is 2.18. The van der Waals surface area contributed by atoms with Gasteiger partial charge >= 0.3 is 0 Å². The van der Waals surface area contributed by atoms with Crippen LogP contribution in [0.15, 0.2) is 40.3 Å². The lowest BCUT2D eigenvalue weighted by Crippen LogP contribution is -2.29. The molecule has 1 aliphatic rings. The van der Waals surface area contributed by atoms with Crippen LogP contribution in [-0.4, -0.2) is 38.3 Å². The number of ether oxygens (including phenoxy) is 3. The van der Waals surface area contributed by atoms with Crippen LogP contribution in [-0.2, 0) is 0 Å². The van der Waals surface area contributed by atoms with Crippen LogP contribution < -0.4 is 19.0 Å². The fourth-order valence-electron chi connectivity index (χ4n) is 4.41. The van der Waals surface area contributed by atoms with Crippen molar-refractivity contribution < 1.29 is 14.2 Å². The Kier molecular flexibility index (Phi) is 7.26. The van der Waals surface area contributed by atoms with E-state index in [1.165, 1.54) is 12.1 Å². The third-order valence-corrected chi connectivity index (χ3v) is 6.26. The molecule has 1 aromatic heterocycles. The van der Waals surface area contributed by atoms with Crippen molar-refractivity contribution in [3.05, 3.63) is 35.0 Å². The second-order valence-corrected chi connectivity index (χ2v) is 9.62. The van der Waals surface area contributed by atoms with E-state index in [-0.39, 0.29) is 5.41 Å². The molecule has 0 saturated heterocycles. The number of aromatic nitrogens is 1. The van der Waals surface area contributed by atoms with E-state index in [1.807, 2.05) is 16.8 Å². The second-order valence-electron chi connectivity index (χ2n) is 8.78. The molecule has 0 spiro atoms. The largest absolute Gasteiger partial charge is 0.493 e. The third-order valence-electron chi connectivity index (χ3n) is 5.41. The van der Waals surface area contributed by atoms with Crippen LogP contribution in [0.3, 0.4) is 0 Å². The van der Waals surface area contributed by atoms with Crippen LogP contribution in [0.5, 0.6) is 17.2 Å². The smallest absolute Gasteiger partial charge is 0.206 e. The Hall–Kier alpha value is -2.54. The van der Waals surface area contributed by atoms with Crippen LogP contribution >= 0.6 is 11.3 Å². The van der Waals surface area contributed by atoms with Gasteiger partial charge in [-0.1, -0.05) is 26.8 Å². The fourth-order valence-corrected chi connectivity index (χ4v) is 5.25. The average molecular weight is 444 g/mol. The predicted molar refractivity (Wildman–Crippen MR) is 128 cm³/mol. The van der Waals surface area contributed by atoms with Gasteiger partial charge in [-0.05, 0) is 42.7 Å². The van der Waals surface area contributed by atoms with Gasteiger partial charge in [-0.3, -0.25) is 4.99 Å². The normalized spacial score (nSPS) is 20.0. The molecule has 0 radical (unpaired) electrons. The average Bonchev–Trinajstić information content (AvgIpc) is 3.11. The van der Waals surface area contributed by atoms with E-state index in [1.54, 1.807) is 38.7 Å². The Morgan fingerprint density at radius 3 is 2.42 bits per heavy atom. The molecule has 1 aliphatic carbocycles. The molecule has 0 amide bonds. The number of benzene rings is 1. The van der Waals surface area contributed by atoms with Gasteiger partial charge in [-0.2, -0.15) is 5.10 Å². The molecule has 31 heavy (non-hydrogen) atoms. The topological polar surface area (TPSA) is 57.3 Å².